The van der Waals surface area contributed by atoms with Crippen molar-refractivity contribution in [2.45, 2.75) is 18.4 Å². The molecular formula is C29H24Cl2N4O6S2. The van der Waals surface area contributed by atoms with Crippen LogP contribution in [0, 0.1) is 6.92 Å². The van der Waals surface area contributed by atoms with Crippen LogP contribution in [0.2, 0.25) is 10.0 Å². The molecule has 0 aliphatic carbocycles. The normalized spacial score (nSPS) is 11.9. The maximum Gasteiger partial charge on any atom is 0.282 e. The van der Waals surface area contributed by atoms with Crippen molar-refractivity contribution in [1.29, 1.82) is 0 Å². The van der Waals surface area contributed by atoms with Crippen LogP contribution in [-0.4, -0.2) is 38.5 Å². The van der Waals surface area contributed by atoms with Crippen LogP contribution in [0.1, 0.15) is 21.6 Å². The van der Waals surface area contributed by atoms with Gasteiger partial charge in [-0.25, -0.2) is 21.6 Å². The lowest BCUT2D eigenvalue weighted by molar-refractivity contribution is 0.0974. The monoisotopic (exact) mass is 658 g/mol. The smallest absolute Gasteiger partial charge is 0.282 e. The standard InChI is InChI=1S/C29H24Cl2N4O6S2/c1-17-9-11-20(15-24(17)33-42(2,38)39)43(40,41)34-29(37)27-26(21-7-5-13-32-28(21)36)22-14-19(30)10-12-25(22)35(27)16-18-6-3-4-8-23(18)31/h3-15,33H,16H2,1-2H3,(H,32,36)(H,34,37). The van der Waals surface area contributed by atoms with E-state index >= 15 is 0 Å². The van der Waals surface area contributed by atoms with E-state index in [1.165, 1.54) is 24.4 Å². The molecule has 1 amide bonds. The molecule has 0 unspecified atom stereocenters. The maximum absolute atomic E-state index is 14.1. The Balaban J connectivity index is 1.72. The van der Waals surface area contributed by atoms with Crippen LogP contribution in [0.5, 0.6) is 0 Å². The van der Waals surface area contributed by atoms with Crippen molar-refractivity contribution in [3.8, 4) is 11.1 Å². The molecule has 0 spiro atoms. The minimum absolute atomic E-state index is 0.0387. The Morgan fingerprint density at radius 1 is 0.953 bits per heavy atom. The second-order valence-corrected chi connectivity index (χ2v) is 14.0. The van der Waals surface area contributed by atoms with Crippen LogP contribution < -0.4 is 15.0 Å². The number of hydrogen-bond donors (Lipinski definition) is 3. The van der Waals surface area contributed by atoms with Gasteiger partial charge in [0.15, 0.2) is 0 Å². The first-order valence-electron chi connectivity index (χ1n) is 12.6. The molecular weight excluding hydrogens is 635 g/mol. The van der Waals surface area contributed by atoms with Gasteiger partial charge in [-0.05, 0) is 66.6 Å². The van der Waals surface area contributed by atoms with Crippen LogP contribution >= 0.6 is 23.2 Å². The Labute approximate surface area is 257 Å². The Hall–Kier alpha value is -4.10. The lowest BCUT2D eigenvalue weighted by Gasteiger charge is -2.15. The van der Waals surface area contributed by atoms with Gasteiger partial charge in [0.25, 0.3) is 21.5 Å². The summed E-state index contributed by atoms with van der Waals surface area (Å²) in [5.74, 6) is -1.03. The Morgan fingerprint density at radius 2 is 1.70 bits per heavy atom. The fraction of sp³-hybridized carbons (Fsp3) is 0.103. The third-order valence-electron chi connectivity index (χ3n) is 6.66. The number of pyridine rings is 1. The highest BCUT2D eigenvalue weighted by Gasteiger charge is 2.29. The number of aryl methyl sites for hydroxylation is 1. The number of nitrogens with one attached hydrogen (secondary N) is 3. The number of hydrogen-bond acceptors (Lipinski definition) is 6. The SMILES string of the molecule is Cc1ccc(S(=O)(=O)NC(=O)c2c(-c3ccc[nH]c3=O)c3cc(Cl)ccc3n2Cc2ccccc2Cl)cc1NS(C)(=O)=O. The third kappa shape index (κ3) is 6.32. The molecule has 0 saturated carbocycles. The van der Waals surface area contributed by atoms with E-state index in [-0.39, 0.29) is 33.9 Å². The fourth-order valence-corrected chi connectivity index (χ4v) is 6.69. The molecule has 0 aliphatic rings. The van der Waals surface area contributed by atoms with Gasteiger partial charge < -0.3 is 9.55 Å². The lowest BCUT2D eigenvalue weighted by Crippen LogP contribution is -2.33. The Bertz CT molecular complexity index is 2190. The molecule has 222 valence electrons. The lowest BCUT2D eigenvalue weighted by atomic mass is 10.0. The molecule has 5 aromatic rings. The molecule has 0 fully saturated rings. The summed E-state index contributed by atoms with van der Waals surface area (Å²) in [6.07, 6.45) is 2.37. The molecule has 2 aromatic heterocycles. The molecule has 0 radical (unpaired) electrons. The molecule has 14 heteroatoms. The van der Waals surface area contributed by atoms with Crippen molar-refractivity contribution < 1.29 is 21.6 Å². The van der Waals surface area contributed by atoms with Gasteiger partial charge in [0, 0.05) is 44.8 Å². The van der Waals surface area contributed by atoms with Gasteiger partial charge >= 0.3 is 0 Å². The van der Waals surface area contributed by atoms with Gasteiger partial charge in [0.1, 0.15) is 5.69 Å². The van der Waals surface area contributed by atoms with Crippen LogP contribution in [-0.2, 0) is 26.6 Å². The zero-order valence-electron chi connectivity index (χ0n) is 22.7. The number of aromatic amines is 1. The molecule has 3 N–H and O–H groups in total. The average Bonchev–Trinajstić information content (AvgIpc) is 3.23. The summed E-state index contributed by atoms with van der Waals surface area (Å²) < 4.78 is 56.6. The third-order valence-corrected chi connectivity index (χ3v) is 9.18. The number of carbonyl (C=O) groups is 1. The quantitative estimate of drug-likeness (QED) is 0.210. The number of amides is 1. The van der Waals surface area contributed by atoms with Crippen molar-refractivity contribution in [3.05, 3.63) is 116 Å². The largest absolute Gasteiger partial charge is 0.331 e. The first-order chi connectivity index (χ1) is 20.2. The number of fused-ring (bicyclic) bond motifs is 1. The highest BCUT2D eigenvalue weighted by Crippen LogP contribution is 2.36. The summed E-state index contributed by atoms with van der Waals surface area (Å²) in [5, 5.41) is 1.19. The molecule has 5 rings (SSSR count). The predicted molar refractivity (Wildman–Crippen MR) is 168 cm³/mol. The van der Waals surface area contributed by atoms with Crippen molar-refractivity contribution in [1.82, 2.24) is 14.3 Å². The molecule has 0 saturated heterocycles. The molecule has 10 nitrogen and oxygen atoms in total. The number of halogens is 2. The van der Waals surface area contributed by atoms with Crippen LogP contribution in [0.4, 0.5) is 5.69 Å². The van der Waals surface area contributed by atoms with Gasteiger partial charge in [-0.15, -0.1) is 0 Å². The van der Waals surface area contributed by atoms with E-state index in [0.717, 1.165) is 12.3 Å². The summed E-state index contributed by atoms with van der Waals surface area (Å²) in [6, 6.07) is 18.7. The summed E-state index contributed by atoms with van der Waals surface area (Å²) in [7, 11) is -8.26. The van der Waals surface area contributed by atoms with Crippen molar-refractivity contribution in [2.75, 3.05) is 11.0 Å². The zero-order valence-corrected chi connectivity index (χ0v) is 25.8. The summed E-state index contributed by atoms with van der Waals surface area (Å²) in [6.45, 7) is 1.66. The number of H-pyrrole nitrogens is 1. The van der Waals surface area contributed by atoms with Crippen LogP contribution in [0.25, 0.3) is 22.0 Å². The van der Waals surface area contributed by atoms with Gasteiger partial charge in [0.05, 0.1) is 16.8 Å². The van der Waals surface area contributed by atoms with E-state index in [4.69, 9.17) is 23.2 Å². The van der Waals surface area contributed by atoms with Crippen LogP contribution in [0.15, 0.2) is 88.7 Å². The molecule has 0 atom stereocenters. The summed E-state index contributed by atoms with van der Waals surface area (Å²) in [5.41, 5.74) is 1.30. The van der Waals surface area contributed by atoms with Gasteiger partial charge in [0.2, 0.25) is 10.0 Å². The Kier molecular flexibility index (Phi) is 8.14. The average molecular weight is 660 g/mol. The molecule has 0 aliphatic heterocycles. The highest BCUT2D eigenvalue weighted by atomic mass is 35.5. The number of aromatic nitrogens is 2. The number of sulfonamides is 2. The first kappa shape index (κ1) is 30.4. The van der Waals surface area contributed by atoms with E-state index in [1.807, 2.05) is 0 Å². The number of rotatable bonds is 8. The van der Waals surface area contributed by atoms with Crippen molar-refractivity contribution >= 4 is 65.7 Å². The van der Waals surface area contributed by atoms with Gasteiger partial charge in [-0.1, -0.05) is 47.5 Å². The molecule has 43 heavy (non-hydrogen) atoms. The van der Waals surface area contributed by atoms with Crippen LogP contribution in [0.3, 0.4) is 0 Å². The predicted octanol–water partition coefficient (Wildman–Crippen LogP) is 5.15. The number of nitrogens with zero attached hydrogens (tertiary/aromatic N) is 1. The van der Waals surface area contributed by atoms with Crippen molar-refractivity contribution in [2.24, 2.45) is 0 Å². The minimum atomic E-state index is -4.54. The van der Waals surface area contributed by atoms with E-state index in [0.29, 0.717) is 32.1 Å². The maximum atomic E-state index is 14.1. The Morgan fingerprint density at radius 3 is 2.40 bits per heavy atom. The molecule has 0 bridgehead atoms. The van der Waals surface area contributed by atoms with Gasteiger partial charge in [-0.2, -0.15) is 0 Å². The fourth-order valence-electron chi connectivity index (χ4n) is 4.72. The van der Waals surface area contributed by atoms with E-state index in [1.54, 1.807) is 60.0 Å². The van der Waals surface area contributed by atoms with Gasteiger partial charge in [-0.3, -0.25) is 14.3 Å². The molecule has 3 aromatic carbocycles. The van der Waals surface area contributed by atoms with E-state index < -0.39 is 31.5 Å². The second-order valence-electron chi connectivity index (χ2n) is 9.76. The zero-order chi connectivity index (χ0) is 31.1. The minimum Gasteiger partial charge on any atom is -0.331 e. The van der Waals surface area contributed by atoms with E-state index in [2.05, 4.69) is 14.4 Å². The summed E-state index contributed by atoms with van der Waals surface area (Å²) >= 11 is 12.8. The molecule has 2 heterocycles. The first-order valence-corrected chi connectivity index (χ1v) is 16.8. The highest BCUT2D eigenvalue weighted by molar-refractivity contribution is 7.92. The number of anilines is 1. The van der Waals surface area contributed by atoms with Crippen molar-refractivity contribution in [3.63, 3.8) is 0 Å². The number of benzene rings is 3. The summed E-state index contributed by atoms with van der Waals surface area (Å²) in [4.78, 5) is 29.3. The number of carbonyl (C=O) groups excluding carboxylic acids is 1. The van der Waals surface area contributed by atoms with E-state index in [9.17, 15) is 26.4 Å². The topological polar surface area (TPSA) is 147 Å². The second kappa shape index (κ2) is 11.5.